The van der Waals surface area contributed by atoms with Crippen molar-refractivity contribution in [3.8, 4) is 0 Å². The molecule has 3 atom stereocenters. The highest BCUT2D eigenvalue weighted by Crippen LogP contribution is 2.47. The second kappa shape index (κ2) is 10.7. The summed E-state index contributed by atoms with van der Waals surface area (Å²) in [6.45, 7) is 1.64. The Bertz CT molecular complexity index is 1160. The first kappa shape index (κ1) is 25.0. The number of Topliss-reactive ketones (excluding diaryl/α,β-unsaturated/α-hetero) is 1. The molecular formula is C25H24F2N2O5S. The van der Waals surface area contributed by atoms with Crippen LogP contribution in [0.2, 0.25) is 0 Å². The predicted octanol–water partition coefficient (Wildman–Crippen LogP) is 3.62. The minimum absolute atomic E-state index is 0.118. The number of ether oxygens (including phenoxy) is 2. The van der Waals surface area contributed by atoms with E-state index in [-0.39, 0.29) is 42.2 Å². The van der Waals surface area contributed by atoms with Crippen LogP contribution in [-0.2, 0) is 24.6 Å². The van der Waals surface area contributed by atoms with Crippen molar-refractivity contribution < 1.29 is 32.6 Å². The summed E-state index contributed by atoms with van der Waals surface area (Å²) in [5.41, 5.74) is -0.723. The number of rotatable bonds is 6. The van der Waals surface area contributed by atoms with Crippen LogP contribution in [0, 0.1) is 17.6 Å². The molecule has 1 saturated heterocycles. The molecule has 184 valence electrons. The normalized spacial score (nSPS) is 23.6. The van der Waals surface area contributed by atoms with E-state index < -0.39 is 41.5 Å². The summed E-state index contributed by atoms with van der Waals surface area (Å²) in [5, 5.41) is 3.04. The molecule has 2 aliphatic heterocycles. The molecule has 0 unspecified atom stereocenters. The number of aliphatic imine (C=N–C) groups is 1. The summed E-state index contributed by atoms with van der Waals surface area (Å²) in [4.78, 5) is 41.8. The van der Waals surface area contributed by atoms with E-state index in [0.29, 0.717) is 11.3 Å². The van der Waals surface area contributed by atoms with Crippen molar-refractivity contribution in [1.82, 2.24) is 5.32 Å². The summed E-state index contributed by atoms with van der Waals surface area (Å²) in [7, 11) is 0. The van der Waals surface area contributed by atoms with Crippen LogP contribution < -0.4 is 5.32 Å². The predicted molar refractivity (Wildman–Crippen MR) is 126 cm³/mol. The summed E-state index contributed by atoms with van der Waals surface area (Å²) in [5.74, 6) is -2.92. The molecule has 0 bridgehead atoms. The summed E-state index contributed by atoms with van der Waals surface area (Å²) in [6, 6.07) is 11.8. The van der Waals surface area contributed by atoms with Gasteiger partial charge in [0.25, 0.3) is 5.91 Å². The quantitative estimate of drug-likeness (QED) is 0.479. The SMILES string of the molecule is CCOC(=O)CC(=O)[C@H]1C[C@H]2CSC(NC(=O)c3ccccc3)=N[C@@]2(c2ccc(F)cc2F)CO1. The van der Waals surface area contributed by atoms with Crippen molar-refractivity contribution >= 4 is 34.6 Å². The van der Waals surface area contributed by atoms with E-state index in [1.54, 1.807) is 37.3 Å². The first-order valence-corrected chi connectivity index (χ1v) is 12.2. The van der Waals surface area contributed by atoms with E-state index in [1.807, 2.05) is 0 Å². The molecule has 1 fully saturated rings. The monoisotopic (exact) mass is 502 g/mol. The lowest BCUT2D eigenvalue weighted by atomic mass is 9.74. The molecule has 0 saturated carbocycles. The summed E-state index contributed by atoms with van der Waals surface area (Å²) in [6.07, 6.45) is -1.11. The molecule has 0 aliphatic carbocycles. The minimum atomic E-state index is -1.27. The van der Waals surface area contributed by atoms with Gasteiger partial charge in [-0.1, -0.05) is 36.0 Å². The van der Waals surface area contributed by atoms with Crippen LogP contribution in [0.15, 0.2) is 53.5 Å². The van der Waals surface area contributed by atoms with Gasteiger partial charge in [-0.3, -0.25) is 14.4 Å². The molecule has 1 N–H and O–H groups in total. The van der Waals surface area contributed by atoms with Gasteiger partial charge in [-0.05, 0) is 31.5 Å². The van der Waals surface area contributed by atoms with Gasteiger partial charge in [0.2, 0.25) is 0 Å². The highest BCUT2D eigenvalue weighted by Gasteiger charge is 2.51. The van der Waals surface area contributed by atoms with E-state index in [2.05, 4.69) is 5.32 Å². The van der Waals surface area contributed by atoms with Gasteiger partial charge in [-0.25, -0.2) is 13.8 Å². The van der Waals surface area contributed by atoms with Gasteiger partial charge < -0.3 is 14.8 Å². The number of amidine groups is 1. The molecular weight excluding hydrogens is 478 g/mol. The molecule has 35 heavy (non-hydrogen) atoms. The van der Waals surface area contributed by atoms with Crippen molar-refractivity contribution in [2.75, 3.05) is 19.0 Å². The van der Waals surface area contributed by atoms with Crippen LogP contribution in [0.4, 0.5) is 8.78 Å². The van der Waals surface area contributed by atoms with Crippen LogP contribution >= 0.6 is 11.8 Å². The number of carbonyl (C=O) groups is 3. The zero-order valence-corrected chi connectivity index (χ0v) is 19.8. The number of halogens is 2. The van der Waals surface area contributed by atoms with Crippen molar-refractivity contribution in [2.45, 2.75) is 31.4 Å². The number of thioether (sulfide) groups is 1. The second-order valence-electron chi connectivity index (χ2n) is 8.28. The zero-order chi connectivity index (χ0) is 25.0. The number of esters is 1. The number of fused-ring (bicyclic) bond motifs is 1. The number of benzene rings is 2. The molecule has 2 aromatic rings. The Morgan fingerprint density at radius 2 is 1.97 bits per heavy atom. The van der Waals surface area contributed by atoms with Crippen LogP contribution in [0.1, 0.15) is 35.7 Å². The molecule has 4 rings (SSSR count). The van der Waals surface area contributed by atoms with Crippen LogP contribution in [0.5, 0.6) is 0 Å². The molecule has 0 radical (unpaired) electrons. The Morgan fingerprint density at radius 1 is 1.20 bits per heavy atom. The number of nitrogens with zero attached hydrogens (tertiary/aromatic N) is 1. The fourth-order valence-corrected chi connectivity index (χ4v) is 5.47. The molecule has 1 amide bonds. The van der Waals surface area contributed by atoms with Crippen molar-refractivity contribution in [1.29, 1.82) is 0 Å². The first-order chi connectivity index (χ1) is 16.8. The Morgan fingerprint density at radius 3 is 2.69 bits per heavy atom. The van der Waals surface area contributed by atoms with Crippen molar-refractivity contribution in [3.05, 3.63) is 71.3 Å². The number of amides is 1. The molecule has 2 heterocycles. The Balaban J connectivity index is 1.62. The van der Waals surface area contributed by atoms with Gasteiger partial charge in [0, 0.05) is 28.9 Å². The lowest BCUT2D eigenvalue weighted by Crippen LogP contribution is -2.52. The van der Waals surface area contributed by atoms with Crippen LogP contribution in [-0.4, -0.2) is 47.9 Å². The van der Waals surface area contributed by atoms with E-state index >= 15 is 0 Å². The smallest absolute Gasteiger partial charge is 0.313 e. The highest BCUT2D eigenvalue weighted by atomic mass is 32.2. The van der Waals surface area contributed by atoms with E-state index in [4.69, 9.17) is 14.5 Å². The molecule has 7 nitrogen and oxygen atoms in total. The van der Waals surface area contributed by atoms with E-state index in [1.165, 1.54) is 17.8 Å². The highest BCUT2D eigenvalue weighted by molar-refractivity contribution is 8.13. The molecule has 2 aromatic carbocycles. The Kier molecular flexibility index (Phi) is 7.61. The van der Waals surface area contributed by atoms with Gasteiger partial charge in [-0.15, -0.1) is 0 Å². The topological polar surface area (TPSA) is 94.1 Å². The van der Waals surface area contributed by atoms with Gasteiger partial charge in [0.1, 0.15) is 29.7 Å². The number of nitrogens with one attached hydrogen (secondary N) is 1. The first-order valence-electron chi connectivity index (χ1n) is 11.2. The minimum Gasteiger partial charge on any atom is -0.466 e. The van der Waals surface area contributed by atoms with Crippen LogP contribution in [0.3, 0.4) is 0 Å². The average Bonchev–Trinajstić information content (AvgIpc) is 2.84. The maximum absolute atomic E-state index is 15.0. The number of carbonyl (C=O) groups excluding carboxylic acids is 3. The molecule has 2 aliphatic rings. The lowest BCUT2D eigenvalue weighted by Gasteiger charge is -2.46. The zero-order valence-electron chi connectivity index (χ0n) is 19.0. The maximum Gasteiger partial charge on any atom is 0.313 e. The number of ketones is 1. The third-order valence-electron chi connectivity index (χ3n) is 6.04. The Labute approximate surface area is 205 Å². The molecule has 10 heteroatoms. The van der Waals surface area contributed by atoms with Gasteiger partial charge >= 0.3 is 5.97 Å². The number of hydrogen-bond donors (Lipinski definition) is 1. The summed E-state index contributed by atoms with van der Waals surface area (Å²) >= 11 is 1.27. The van der Waals surface area contributed by atoms with Crippen molar-refractivity contribution in [3.63, 3.8) is 0 Å². The second-order valence-corrected chi connectivity index (χ2v) is 9.29. The number of hydrogen-bond acceptors (Lipinski definition) is 7. The fourth-order valence-electron chi connectivity index (χ4n) is 4.30. The van der Waals surface area contributed by atoms with Gasteiger partial charge in [0.05, 0.1) is 13.2 Å². The molecule has 0 spiro atoms. The maximum atomic E-state index is 15.0. The average molecular weight is 503 g/mol. The Hall–Kier alpha value is -3.11. The van der Waals surface area contributed by atoms with Gasteiger partial charge in [-0.2, -0.15) is 0 Å². The van der Waals surface area contributed by atoms with E-state index in [9.17, 15) is 23.2 Å². The summed E-state index contributed by atoms with van der Waals surface area (Å²) < 4.78 is 39.3. The molecule has 0 aromatic heterocycles. The van der Waals surface area contributed by atoms with E-state index in [0.717, 1.165) is 12.1 Å². The van der Waals surface area contributed by atoms with Gasteiger partial charge in [0.15, 0.2) is 11.0 Å². The third-order valence-corrected chi connectivity index (χ3v) is 7.07. The van der Waals surface area contributed by atoms with Crippen LogP contribution in [0.25, 0.3) is 0 Å². The standard InChI is InChI=1S/C25H24F2N2O5S/c1-2-33-22(31)12-20(30)21-10-16-13-35-24(28-23(32)15-6-4-3-5-7-15)29-25(16,14-34-21)18-9-8-17(26)11-19(18)27/h3-9,11,16,21H,2,10,12-14H2,1H3,(H,28,29,32)/t16-,21+,25-/m0/s1. The third kappa shape index (κ3) is 5.43. The largest absolute Gasteiger partial charge is 0.466 e. The van der Waals surface area contributed by atoms with Crippen molar-refractivity contribution in [2.24, 2.45) is 10.9 Å². The fraction of sp³-hybridized carbons (Fsp3) is 0.360. The lowest BCUT2D eigenvalue weighted by molar-refractivity contribution is -0.151.